The van der Waals surface area contributed by atoms with Gasteiger partial charge in [0.05, 0.1) is 10.7 Å². The van der Waals surface area contributed by atoms with Crippen LogP contribution in [0.5, 0.6) is 0 Å². The van der Waals surface area contributed by atoms with Crippen LogP contribution in [0.15, 0.2) is 45.8 Å². The van der Waals surface area contributed by atoms with Crippen molar-refractivity contribution in [2.75, 3.05) is 4.72 Å². The standard InChI is InChI=1S/C13H11BrClFN2O2S/c14-9-2-4-11(16)12(6-9)18-21(19,20)13-5-8(7-17)1-3-10(13)15/h1-6,18H,7,17H2. The predicted octanol–water partition coefficient (Wildman–Crippen LogP) is 3.50. The summed E-state index contributed by atoms with van der Waals surface area (Å²) in [4.78, 5) is -0.147. The summed E-state index contributed by atoms with van der Waals surface area (Å²) >= 11 is 9.07. The third kappa shape index (κ3) is 3.74. The molecule has 4 nitrogen and oxygen atoms in total. The Morgan fingerprint density at radius 2 is 1.95 bits per heavy atom. The number of nitrogens with one attached hydrogen (secondary N) is 1. The smallest absolute Gasteiger partial charge is 0.263 e. The molecule has 0 aromatic heterocycles. The lowest BCUT2D eigenvalue weighted by Gasteiger charge is -2.11. The minimum Gasteiger partial charge on any atom is -0.326 e. The molecule has 0 radical (unpaired) electrons. The topological polar surface area (TPSA) is 72.2 Å². The van der Waals surface area contributed by atoms with Crippen molar-refractivity contribution in [2.45, 2.75) is 11.4 Å². The van der Waals surface area contributed by atoms with Crippen LogP contribution in [0.3, 0.4) is 0 Å². The maximum absolute atomic E-state index is 13.7. The molecule has 0 aliphatic rings. The molecule has 0 aliphatic heterocycles. The summed E-state index contributed by atoms with van der Waals surface area (Å²) in [7, 11) is -4.01. The van der Waals surface area contributed by atoms with Gasteiger partial charge in [0, 0.05) is 11.0 Å². The highest BCUT2D eigenvalue weighted by molar-refractivity contribution is 9.10. The number of nitrogens with two attached hydrogens (primary N) is 1. The van der Waals surface area contributed by atoms with Crippen LogP contribution in [-0.4, -0.2) is 8.42 Å². The van der Waals surface area contributed by atoms with E-state index in [1.807, 2.05) is 0 Å². The van der Waals surface area contributed by atoms with Crippen molar-refractivity contribution in [3.63, 3.8) is 0 Å². The third-order valence-corrected chi connectivity index (χ3v) is 5.03. The van der Waals surface area contributed by atoms with Gasteiger partial charge in [0.15, 0.2) is 0 Å². The fourth-order valence-corrected chi connectivity index (χ4v) is 3.63. The summed E-state index contributed by atoms with van der Waals surface area (Å²) in [6, 6.07) is 8.37. The van der Waals surface area contributed by atoms with E-state index in [4.69, 9.17) is 17.3 Å². The van der Waals surface area contributed by atoms with Gasteiger partial charge in [-0.25, -0.2) is 12.8 Å². The van der Waals surface area contributed by atoms with Crippen LogP contribution >= 0.6 is 27.5 Å². The van der Waals surface area contributed by atoms with E-state index in [0.717, 1.165) is 6.07 Å². The Balaban J connectivity index is 2.45. The van der Waals surface area contributed by atoms with Crippen LogP contribution < -0.4 is 10.5 Å². The van der Waals surface area contributed by atoms with Crippen molar-refractivity contribution in [1.82, 2.24) is 0 Å². The van der Waals surface area contributed by atoms with Gasteiger partial charge in [-0.2, -0.15) is 0 Å². The molecule has 0 heterocycles. The van der Waals surface area contributed by atoms with E-state index >= 15 is 0 Å². The van der Waals surface area contributed by atoms with Crippen molar-refractivity contribution in [2.24, 2.45) is 5.73 Å². The largest absolute Gasteiger partial charge is 0.326 e. The highest BCUT2D eigenvalue weighted by Crippen LogP contribution is 2.27. The molecule has 0 unspecified atom stereocenters. The van der Waals surface area contributed by atoms with Crippen molar-refractivity contribution in [3.05, 3.63) is 57.3 Å². The number of halogens is 3. The maximum Gasteiger partial charge on any atom is 0.263 e. The van der Waals surface area contributed by atoms with E-state index in [2.05, 4.69) is 20.7 Å². The lowest BCUT2D eigenvalue weighted by Crippen LogP contribution is -2.15. The average Bonchev–Trinajstić information content (AvgIpc) is 2.43. The van der Waals surface area contributed by atoms with Crippen molar-refractivity contribution >= 4 is 43.2 Å². The number of sulfonamides is 1. The third-order valence-electron chi connectivity index (χ3n) is 2.69. The molecule has 2 rings (SSSR count). The van der Waals surface area contributed by atoms with Crippen molar-refractivity contribution < 1.29 is 12.8 Å². The molecular weight excluding hydrogens is 383 g/mol. The molecule has 0 saturated carbocycles. The normalized spacial score (nSPS) is 11.4. The predicted molar refractivity (Wildman–Crippen MR) is 84.3 cm³/mol. The molecule has 21 heavy (non-hydrogen) atoms. The SMILES string of the molecule is NCc1ccc(Cl)c(S(=O)(=O)Nc2cc(Br)ccc2F)c1. The molecule has 0 aliphatic carbocycles. The molecule has 0 spiro atoms. The first-order valence-electron chi connectivity index (χ1n) is 5.80. The van der Waals surface area contributed by atoms with Gasteiger partial charge < -0.3 is 5.73 Å². The van der Waals surface area contributed by atoms with Gasteiger partial charge in [-0.05, 0) is 35.9 Å². The minimum absolute atomic E-state index is 0.0371. The highest BCUT2D eigenvalue weighted by atomic mass is 79.9. The fraction of sp³-hybridized carbons (Fsp3) is 0.0769. The van der Waals surface area contributed by atoms with Crippen LogP contribution in [0.25, 0.3) is 0 Å². The van der Waals surface area contributed by atoms with E-state index < -0.39 is 15.8 Å². The lowest BCUT2D eigenvalue weighted by atomic mass is 10.2. The summed E-state index contributed by atoms with van der Waals surface area (Å²) in [5.41, 5.74) is 5.92. The van der Waals surface area contributed by atoms with Gasteiger partial charge in [0.25, 0.3) is 10.0 Å². The number of benzene rings is 2. The van der Waals surface area contributed by atoms with Gasteiger partial charge in [-0.1, -0.05) is 33.6 Å². The van der Waals surface area contributed by atoms with Gasteiger partial charge in [0.2, 0.25) is 0 Å². The van der Waals surface area contributed by atoms with Crippen LogP contribution in [0.4, 0.5) is 10.1 Å². The first-order valence-corrected chi connectivity index (χ1v) is 8.45. The van der Waals surface area contributed by atoms with Gasteiger partial charge in [-0.15, -0.1) is 0 Å². The van der Waals surface area contributed by atoms with Crippen LogP contribution in [-0.2, 0) is 16.6 Å². The number of hydrogen-bond donors (Lipinski definition) is 2. The van der Waals surface area contributed by atoms with Gasteiger partial charge in [0.1, 0.15) is 10.7 Å². The molecule has 3 N–H and O–H groups in total. The number of rotatable bonds is 4. The van der Waals surface area contributed by atoms with Crippen LogP contribution in [0.2, 0.25) is 5.02 Å². The Morgan fingerprint density at radius 3 is 2.62 bits per heavy atom. The zero-order valence-electron chi connectivity index (χ0n) is 10.6. The zero-order chi connectivity index (χ0) is 15.6. The molecule has 0 atom stereocenters. The average molecular weight is 394 g/mol. The van der Waals surface area contributed by atoms with Crippen molar-refractivity contribution in [3.8, 4) is 0 Å². The molecule has 0 amide bonds. The molecule has 0 fully saturated rings. The maximum atomic E-state index is 13.7. The van der Waals surface area contributed by atoms with E-state index in [9.17, 15) is 12.8 Å². The Hall–Kier alpha value is -1.15. The van der Waals surface area contributed by atoms with E-state index in [-0.39, 0.29) is 22.2 Å². The molecule has 2 aromatic rings. The van der Waals surface area contributed by atoms with Crippen LogP contribution in [0.1, 0.15) is 5.56 Å². The second-order valence-electron chi connectivity index (χ2n) is 4.20. The highest BCUT2D eigenvalue weighted by Gasteiger charge is 2.20. The minimum atomic E-state index is -4.01. The van der Waals surface area contributed by atoms with E-state index in [1.165, 1.54) is 24.3 Å². The van der Waals surface area contributed by atoms with Gasteiger partial charge >= 0.3 is 0 Å². The fourth-order valence-electron chi connectivity index (χ4n) is 1.66. The summed E-state index contributed by atoms with van der Waals surface area (Å²) < 4.78 is 41.1. The van der Waals surface area contributed by atoms with E-state index in [0.29, 0.717) is 10.0 Å². The summed E-state index contributed by atoms with van der Waals surface area (Å²) in [6.45, 7) is 0.172. The summed E-state index contributed by atoms with van der Waals surface area (Å²) in [5.74, 6) is -0.687. The second-order valence-corrected chi connectivity index (χ2v) is 7.17. The van der Waals surface area contributed by atoms with Gasteiger partial charge in [-0.3, -0.25) is 4.72 Å². The molecule has 0 bridgehead atoms. The first kappa shape index (κ1) is 16.2. The molecule has 112 valence electrons. The van der Waals surface area contributed by atoms with Crippen LogP contribution in [0, 0.1) is 5.82 Å². The van der Waals surface area contributed by atoms with E-state index in [1.54, 1.807) is 6.07 Å². The summed E-state index contributed by atoms with van der Waals surface area (Å²) in [5, 5.41) is 0.0371. The molecular formula is C13H11BrClFN2O2S. The molecule has 0 saturated heterocycles. The zero-order valence-corrected chi connectivity index (χ0v) is 13.8. The molecule has 8 heteroatoms. The summed E-state index contributed by atoms with van der Waals surface area (Å²) in [6.07, 6.45) is 0. The van der Waals surface area contributed by atoms with Crippen molar-refractivity contribution in [1.29, 1.82) is 0 Å². The Morgan fingerprint density at radius 1 is 1.24 bits per heavy atom. The second kappa shape index (κ2) is 6.31. The number of hydrogen-bond acceptors (Lipinski definition) is 3. The number of anilines is 1. The Bertz CT molecular complexity index is 784. The Labute approximate surface area is 135 Å². The Kier molecular flexibility index (Phi) is 4.88. The monoisotopic (exact) mass is 392 g/mol. The quantitative estimate of drug-likeness (QED) is 0.835. The first-order chi connectivity index (χ1) is 9.83. The lowest BCUT2D eigenvalue weighted by molar-refractivity contribution is 0.598. The molecule has 2 aromatic carbocycles.